The average molecular weight is 267 g/mol. The number of ether oxygens (including phenoxy) is 2. The first-order valence-electron chi connectivity index (χ1n) is 5.57. The predicted octanol–water partition coefficient (Wildman–Crippen LogP) is 1.59. The van der Waals surface area contributed by atoms with Gasteiger partial charge in [-0.05, 0) is 12.5 Å². The predicted molar refractivity (Wildman–Crippen MR) is 64.1 cm³/mol. The number of nitrogens with zero attached hydrogens (tertiary/aromatic N) is 1. The Labute approximate surface area is 109 Å². The molecule has 0 atom stereocenters. The summed E-state index contributed by atoms with van der Waals surface area (Å²) in [6.45, 7) is 1.70. The van der Waals surface area contributed by atoms with Crippen LogP contribution in [0.3, 0.4) is 0 Å². The fourth-order valence-corrected chi connectivity index (χ4v) is 1.30. The largest absolute Gasteiger partial charge is 0.466 e. The van der Waals surface area contributed by atoms with Gasteiger partial charge in [-0.25, -0.2) is 0 Å². The Balaban J connectivity index is 2.48. The van der Waals surface area contributed by atoms with E-state index < -0.39 is 23.3 Å². The van der Waals surface area contributed by atoms with E-state index >= 15 is 0 Å². The number of nitro benzene ring substituents is 1. The molecule has 0 bridgehead atoms. The summed E-state index contributed by atoms with van der Waals surface area (Å²) in [4.78, 5) is 32.3. The smallest absolute Gasteiger partial charge is 0.317 e. The molecule has 0 saturated carbocycles. The normalized spacial score (nSPS) is 9.74. The van der Waals surface area contributed by atoms with Crippen LogP contribution in [0.4, 0.5) is 5.69 Å². The fourth-order valence-electron chi connectivity index (χ4n) is 1.30. The number of carbonyl (C=O) groups excluding carboxylic acids is 2. The molecule has 102 valence electrons. The molecule has 0 N–H and O–H groups in total. The molecule has 0 aliphatic carbocycles. The second-order valence-corrected chi connectivity index (χ2v) is 3.57. The lowest BCUT2D eigenvalue weighted by Gasteiger charge is -2.04. The minimum Gasteiger partial charge on any atom is -0.466 e. The quantitative estimate of drug-likeness (QED) is 0.336. The van der Waals surface area contributed by atoms with E-state index in [1.165, 1.54) is 18.2 Å². The first kappa shape index (κ1) is 14.6. The number of rotatable bonds is 6. The number of carbonyl (C=O) groups is 2. The van der Waals surface area contributed by atoms with E-state index in [4.69, 9.17) is 4.74 Å². The van der Waals surface area contributed by atoms with Crippen molar-refractivity contribution >= 4 is 17.6 Å². The lowest BCUT2D eigenvalue weighted by molar-refractivity contribution is -0.384. The third-order valence-electron chi connectivity index (χ3n) is 2.12. The number of benzene rings is 1. The van der Waals surface area contributed by atoms with Crippen LogP contribution in [0.25, 0.3) is 0 Å². The van der Waals surface area contributed by atoms with Gasteiger partial charge in [-0.2, -0.15) is 0 Å². The summed E-state index contributed by atoms with van der Waals surface area (Å²) in [6.07, 6.45) is -0.469. The second kappa shape index (κ2) is 7.10. The number of non-ortho nitro benzene ring substituents is 1. The molecule has 0 aliphatic heterocycles. The highest BCUT2D eigenvalue weighted by atomic mass is 16.6. The van der Waals surface area contributed by atoms with Crippen molar-refractivity contribution in [1.29, 1.82) is 0 Å². The highest BCUT2D eigenvalue weighted by molar-refractivity contribution is 5.91. The molecule has 0 heterocycles. The lowest BCUT2D eigenvalue weighted by atomic mass is 10.2. The lowest BCUT2D eigenvalue weighted by Crippen LogP contribution is -2.13. The van der Waals surface area contributed by atoms with Gasteiger partial charge in [-0.15, -0.1) is 0 Å². The Bertz CT molecular complexity index is 485. The van der Waals surface area contributed by atoms with E-state index in [0.717, 1.165) is 0 Å². The maximum Gasteiger partial charge on any atom is 0.317 e. The van der Waals surface area contributed by atoms with Crippen molar-refractivity contribution in [2.24, 2.45) is 0 Å². The van der Waals surface area contributed by atoms with E-state index in [0.29, 0.717) is 5.56 Å². The molecule has 1 aromatic carbocycles. The molecule has 1 rings (SSSR count). The summed E-state index contributed by atoms with van der Waals surface area (Å²) < 4.78 is 9.40. The van der Waals surface area contributed by atoms with Crippen LogP contribution in [0.5, 0.6) is 0 Å². The minimum atomic E-state index is -0.732. The maximum atomic E-state index is 11.3. The van der Waals surface area contributed by atoms with Gasteiger partial charge in [0.2, 0.25) is 0 Å². The van der Waals surface area contributed by atoms with Gasteiger partial charge >= 0.3 is 11.9 Å². The fraction of sp³-hybridized carbons (Fsp3) is 0.333. The van der Waals surface area contributed by atoms with E-state index in [1.807, 2.05) is 0 Å². The van der Waals surface area contributed by atoms with Crippen molar-refractivity contribution in [1.82, 2.24) is 0 Å². The number of hydrogen-bond donors (Lipinski definition) is 0. The van der Waals surface area contributed by atoms with Gasteiger partial charge in [-0.1, -0.05) is 12.1 Å². The Morgan fingerprint density at radius 1 is 1.26 bits per heavy atom. The molecule has 0 unspecified atom stereocenters. The van der Waals surface area contributed by atoms with Crippen LogP contribution in [-0.4, -0.2) is 23.5 Å². The maximum absolute atomic E-state index is 11.3. The van der Waals surface area contributed by atoms with Gasteiger partial charge in [0, 0.05) is 12.1 Å². The van der Waals surface area contributed by atoms with E-state index in [1.54, 1.807) is 13.0 Å². The zero-order valence-corrected chi connectivity index (χ0v) is 10.3. The minimum absolute atomic E-state index is 0.0843. The number of nitro groups is 1. The SMILES string of the molecule is CCOC(=O)CC(=O)OCc1cccc([N+](=O)[O-])c1. The molecule has 0 radical (unpaired) electrons. The Morgan fingerprint density at radius 3 is 2.58 bits per heavy atom. The Morgan fingerprint density at radius 2 is 1.95 bits per heavy atom. The van der Waals surface area contributed by atoms with Gasteiger partial charge < -0.3 is 9.47 Å². The zero-order chi connectivity index (χ0) is 14.3. The molecule has 19 heavy (non-hydrogen) atoms. The van der Waals surface area contributed by atoms with Crippen LogP contribution in [0, 0.1) is 10.1 Å². The highest BCUT2D eigenvalue weighted by Gasteiger charge is 2.12. The summed E-state index contributed by atoms with van der Waals surface area (Å²) in [5.74, 6) is -1.39. The third-order valence-corrected chi connectivity index (χ3v) is 2.12. The zero-order valence-electron chi connectivity index (χ0n) is 10.3. The van der Waals surface area contributed by atoms with Crippen molar-refractivity contribution in [3.8, 4) is 0 Å². The van der Waals surface area contributed by atoms with E-state index in [-0.39, 0.29) is 18.9 Å². The van der Waals surface area contributed by atoms with Crippen molar-refractivity contribution in [3.05, 3.63) is 39.9 Å². The van der Waals surface area contributed by atoms with Gasteiger partial charge in [0.1, 0.15) is 13.0 Å². The van der Waals surface area contributed by atoms with Crippen LogP contribution < -0.4 is 0 Å². The summed E-state index contributed by atoms with van der Waals surface area (Å²) in [5, 5.41) is 10.5. The molecule has 0 saturated heterocycles. The van der Waals surface area contributed by atoms with Crippen molar-refractivity contribution in [2.45, 2.75) is 20.0 Å². The molecule has 0 amide bonds. The van der Waals surface area contributed by atoms with Crippen LogP contribution >= 0.6 is 0 Å². The molecule has 0 fully saturated rings. The molecule has 0 aromatic heterocycles. The highest BCUT2D eigenvalue weighted by Crippen LogP contribution is 2.13. The summed E-state index contributed by atoms with van der Waals surface area (Å²) in [6, 6.07) is 5.72. The van der Waals surface area contributed by atoms with E-state index in [9.17, 15) is 19.7 Å². The Hall–Kier alpha value is -2.44. The first-order valence-corrected chi connectivity index (χ1v) is 5.57. The van der Waals surface area contributed by atoms with Crippen molar-refractivity contribution < 1.29 is 24.0 Å². The van der Waals surface area contributed by atoms with Crippen LogP contribution in [0.15, 0.2) is 24.3 Å². The van der Waals surface area contributed by atoms with E-state index in [2.05, 4.69) is 4.74 Å². The van der Waals surface area contributed by atoms with Crippen molar-refractivity contribution in [2.75, 3.05) is 6.61 Å². The standard InChI is InChI=1S/C12H13NO6/c1-2-18-11(14)7-12(15)19-8-9-4-3-5-10(6-9)13(16)17/h3-6H,2,7-8H2,1H3. The summed E-state index contributed by atoms with van der Waals surface area (Å²) in [5.41, 5.74) is 0.394. The van der Waals surface area contributed by atoms with Gasteiger partial charge in [0.25, 0.3) is 5.69 Å². The average Bonchev–Trinajstić information content (AvgIpc) is 2.37. The molecular formula is C12H13NO6. The van der Waals surface area contributed by atoms with Crippen molar-refractivity contribution in [3.63, 3.8) is 0 Å². The summed E-state index contributed by atoms with van der Waals surface area (Å²) >= 11 is 0. The second-order valence-electron chi connectivity index (χ2n) is 3.57. The first-order chi connectivity index (χ1) is 9.02. The van der Waals surface area contributed by atoms with Crippen LogP contribution in [0.1, 0.15) is 18.9 Å². The van der Waals surface area contributed by atoms with Crippen LogP contribution in [-0.2, 0) is 25.7 Å². The molecule has 1 aromatic rings. The Kier molecular flexibility index (Phi) is 5.46. The molecule has 0 spiro atoms. The van der Waals surface area contributed by atoms with Gasteiger partial charge in [0.15, 0.2) is 0 Å². The molecule has 7 heteroatoms. The number of esters is 2. The summed E-state index contributed by atoms with van der Waals surface area (Å²) in [7, 11) is 0. The molecule has 0 aliphatic rings. The third kappa shape index (κ3) is 5.15. The molecule has 7 nitrogen and oxygen atoms in total. The van der Waals surface area contributed by atoms with Crippen LogP contribution in [0.2, 0.25) is 0 Å². The molecular weight excluding hydrogens is 254 g/mol. The van der Waals surface area contributed by atoms with Gasteiger partial charge in [-0.3, -0.25) is 19.7 Å². The topological polar surface area (TPSA) is 95.7 Å². The number of hydrogen-bond acceptors (Lipinski definition) is 6. The van der Waals surface area contributed by atoms with Gasteiger partial charge in [0.05, 0.1) is 11.5 Å². The monoisotopic (exact) mass is 267 g/mol.